The Labute approximate surface area is 148 Å². The van der Waals surface area contributed by atoms with Crippen LogP contribution in [0.4, 0.5) is 23.4 Å². The third-order valence-electron chi connectivity index (χ3n) is 2.85. The molecule has 0 saturated heterocycles. The molecule has 1 heterocycles. The van der Waals surface area contributed by atoms with Crippen LogP contribution >= 0.6 is 15.9 Å². The molecule has 0 radical (unpaired) electrons. The maximum absolute atomic E-state index is 13.5. The van der Waals surface area contributed by atoms with Gasteiger partial charge in [0.1, 0.15) is 24.5 Å². The second-order valence-electron chi connectivity index (χ2n) is 4.77. The second kappa shape index (κ2) is 7.76. The first-order valence-corrected chi connectivity index (χ1v) is 9.00. The van der Waals surface area contributed by atoms with E-state index in [0.717, 1.165) is 0 Å². The summed E-state index contributed by atoms with van der Waals surface area (Å²) in [6, 6.07) is 2.66. The van der Waals surface area contributed by atoms with E-state index >= 15 is 0 Å². The first-order chi connectivity index (χ1) is 11.6. The van der Waals surface area contributed by atoms with Crippen molar-refractivity contribution in [1.82, 2.24) is 19.4 Å². The van der Waals surface area contributed by atoms with E-state index in [0.29, 0.717) is 16.7 Å². The fourth-order valence-electron chi connectivity index (χ4n) is 1.79. The van der Waals surface area contributed by atoms with Crippen molar-refractivity contribution in [3.63, 3.8) is 0 Å². The van der Waals surface area contributed by atoms with Gasteiger partial charge < -0.3 is 5.32 Å². The number of hydrogen-bond donors (Lipinski definition) is 3. The van der Waals surface area contributed by atoms with Gasteiger partial charge in [0, 0.05) is 24.5 Å². The molecule has 0 aliphatic carbocycles. The van der Waals surface area contributed by atoms with E-state index in [2.05, 4.69) is 31.2 Å². The van der Waals surface area contributed by atoms with Crippen molar-refractivity contribution in [1.29, 1.82) is 0 Å². The number of benzene rings is 1. The molecule has 0 fully saturated rings. The summed E-state index contributed by atoms with van der Waals surface area (Å²) in [5, 5.41) is 3.30. The number of halogens is 5. The summed E-state index contributed by atoms with van der Waals surface area (Å²) in [6.07, 6.45) is -3.44. The monoisotopic (exact) mass is 445 g/mol. The molecule has 0 atom stereocenters. The molecule has 7 nitrogen and oxygen atoms in total. The predicted octanol–water partition coefficient (Wildman–Crippen LogP) is 1.93. The molecule has 138 valence electrons. The number of nitrogens with one attached hydrogen (secondary N) is 3. The molecule has 2 aromatic rings. The van der Waals surface area contributed by atoms with E-state index in [4.69, 9.17) is 0 Å². The van der Waals surface area contributed by atoms with Crippen molar-refractivity contribution in [2.75, 3.05) is 25.0 Å². The highest BCUT2D eigenvalue weighted by molar-refractivity contribution is 9.10. The maximum atomic E-state index is 13.5. The average molecular weight is 446 g/mol. The van der Waals surface area contributed by atoms with Gasteiger partial charge in [-0.25, -0.2) is 19.1 Å². The SMILES string of the molecule is O=S(=O)(NCCNc1ncnc2cc(F)c(Br)cc12)NCC(F)(F)F. The zero-order chi connectivity index (χ0) is 18.7. The number of anilines is 1. The fourth-order valence-corrected chi connectivity index (χ4v) is 2.96. The molecule has 0 bridgehead atoms. The number of alkyl halides is 3. The number of nitrogens with zero attached hydrogens (tertiary/aromatic N) is 2. The van der Waals surface area contributed by atoms with Crippen LogP contribution in [-0.2, 0) is 10.2 Å². The topological polar surface area (TPSA) is 96.0 Å². The molecule has 0 spiro atoms. The molecule has 3 N–H and O–H groups in total. The number of aromatic nitrogens is 2. The van der Waals surface area contributed by atoms with Crippen LogP contribution in [0.1, 0.15) is 0 Å². The van der Waals surface area contributed by atoms with E-state index < -0.39 is 28.7 Å². The van der Waals surface area contributed by atoms with Crippen LogP contribution in [0, 0.1) is 5.82 Å². The number of hydrogen-bond acceptors (Lipinski definition) is 5. The zero-order valence-electron chi connectivity index (χ0n) is 12.4. The molecule has 0 aliphatic heterocycles. The van der Waals surface area contributed by atoms with Crippen LogP contribution in [-0.4, -0.2) is 44.2 Å². The molecule has 25 heavy (non-hydrogen) atoms. The molecule has 13 heteroatoms. The molecule has 0 saturated carbocycles. The van der Waals surface area contributed by atoms with E-state index in [9.17, 15) is 26.0 Å². The molecule has 0 aliphatic rings. The second-order valence-corrected chi connectivity index (χ2v) is 7.21. The number of rotatable bonds is 7. The highest BCUT2D eigenvalue weighted by atomic mass is 79.9. The van der Waals surface area contributed by atoms with Crippen LogP contribution < -0.4 is 14.8 Å². The lowest BCUT2D eigenvalue weighted by Crippen LogP contribution is -2.42. The highest BCUT2D eigenvalue weighted by Crippen LogP contribution is 2.25. The first kappa shape index (κ1) is 19.8. The van der Waals surface area contributed by atoms with E-state index in [1.165, 1.54) is 23.2 Å². The summed E-state index contributed by atoms with van der Waals surface area (Å²) >= 11 is 3.04. The van der Waals surface area contributed by atoms with Gasteiger partial charge in [0.15, 0.2) is 0 Å². The lowest BCUT2D eigenvalue weighted by atomic mass is 10.2. The number of fused-ring (bicyclic) bond motifs is 1. The average Bonchev–Trinajstić information content (AvgIpc) is 2.51. The van der Waals surface area contributed by atoms with Crippen molar-refractivity contribution in [2.24, 2.45) is 0 Å². The molecule has 0 amide bonds. The van der Waals surface area contributed by atoms with Crippen LogP contribution in [0.5, 0.6) is 0 Å². The van der Waals surface area contributed by atoms with Crippen molar-refractivity contribution < 1.29 is 26.0 Å². The minimum absolute atomic E-state index is 0.0358. The Hall–Kier alpha value is -1.57. The molecule has 1 aromatic heterocycles. The van der Waals surface area contributed by atoms with Gasteiger partial charge in [-0.15, -0.1) is 0 Å². The fraction of sp³-hybridized carbons (Fsp3) is 0.333. The lowest BCUT2D eigenvalue weighted by molar-refractivity contribution is -0.121. The minimum Gasteiger partial charge on any atom is -0.368 e. The van der Waals surface area contributed by atoms with Crippen molar-refractivity contribution in [2.45, 2.75) is 6.18 Å². The molecule has 2 rings (SSSR count). The van der Waals surface area contributed by atoms with Gasteiger partial charge in [0.2, 0.25) is 0 Å². The Morgan fingerprint density at radius 3 is 2.52 bits per heavy atom. The summed E-state index contributed by atoms with van der Waals surface area (Å²) in [6.45, 7) is -1.82. The van der Waals surface area contributed by atoms with Crippen molar-refractivity contribution >= 4 is 42.9 Å². The van der Waals surface area contributed by atoms with Crippen molar-refractivity contribution in [3.05, 3.63) is 28.7 Å². The smallest absolute Gasteiger partial charge is 0.368 e. The van der Waals surface area contributed by atoms with Crippen LogP contribution in [0.2, 0.25) is 0 Å². The summed E-state index contributed by atoms with van der Waals surface area (Å²) < 4.78 is 75.7. The summed E-state index contributed by atoms with van der Waals surface area (Å²) in [7, 11) is -4.27. The van der Waals surface area contributed by atoms with Crippen LogP contribution in [0.15, 0.2) is 22.9 Å². The third kappa shape index (κ3) is 6.02. The Morgan fingerprint density at radius 2 is 1.84 bits per heavy atom. The van der Waals surface area contributed by atoms with Gasteiger partial charge in [-0.2, -0.15) is 26.3 Å². The summed E-state index contributed by atoms with van der Waals surface area (Å²) in [5.41, 5.74) is 0.339. The largest absolute Gasteiger partial charge is 0.402 e. The van der Waals surface area contributed by atoms with Crippen LogP contribution in [0.25, 0.3) is 10.9 Å². The Balaban J connectivity index is 1.94. The van der Waals surface area contributed by atoms with Gasteiger partial charge in [0.05, 0.1) is 9.99 Å². The predicted molar refractivity (Wildman–Crippen MR) is 86.7 cm³/mol. The Morgan fingerprint density at radius 1 is 1.12 bits per heavy atom. The third-order valence-corrected chi connectivity index (χ3v) is 4.57. The van der Waals surface area contributed by atoms with Gasteiger partial charge in [0.25, 0.3) is 10.2 Å². The van der Waals surface area contributed by atoms with E-state index in [1.54, 1.807) is 0 Å². The minimum atomic E-state index is -4.64. The molecular weight excluding hydrogens is 434 g/mol. The van der Waals surface area contributed by atoms with Gasteiger partial charge in [-0.3, -0.25) is 0 Å². The highest BCUT2D eigenvalue weighted by Gasteiger charge is 2.29. The van der Waals surface area contributed by atoms with Crippen LogP contribution in [0.3, 0.4) is 0 Å². The Bertz CT molecular complexity index is 862. The van der Waals surface area contributed by atoms with E-state index in [1.807, 2.05) is 4.72 Å². The summed E-state index contributed by atoms with van der Waals surface area (Å²) in [5.74, 6) is -0.172. The van der Waals surface area contributed by atoms with Gasteiger partial charge in [-0.1, -0.05) is 0 Å². The normalized spacial score (nSPS) is 12.5. The van der Waals surface area contributed by atoms with Gasteiger partial charge in [-0.05, 0) is 22.0 Å². The first-order valence-electron chi connectivity index (χ1n) is 6.72. The van der Waals surface area contributed by atoms with E-state index in [-0.39, 0.29) is 17.6 Å². The zero-order valence-corrected chi connectivity index (χ0v) is 14.8. The summed E-state index contributed by atoms with van der Waals surface area (Å²) in [4.78, 5) is 7.89. The standard InChI is InChI=1S/C12H12BrF4N5O2S/c13-8-3-7-10(4-9(8)14)19-6-20-11(7)18-1-2-21-25(23,24)22-5-12(15,16)17/h3-4,6,21-22H,1-2,5H2,(H,18,19,20). The lowest BCUT2D eigenvalue weighted by Gasteiger charge is -2.11. The molecule has 1 aromatic carbocycles. The quantitative estimate of drug-likeness (QED) is 0.447. The Kier molecular flexibility index (Phi) is 6.13. The molecular formula is C12H12BrF4N5O2S. The van der Waals surface area contributed by atoms with Gasteiger partial charge >= 0.3 is 6.18 Å². The molecule has 0 unspecified atom stereocenters. The maximum Gasteiger partial charge on any atom is 0.402 e. The van der Waals surface area contributed by atoms with Crippen molar-refractivity contribution in [3.8, 4) is 0 Å².